The van der Waals surface area contributed by atoms with Crippen LogP contribution in [-0.2, 0) is 13.0 Å². The topological polar surface area (TPSA) is 29.5 Å². The van der Waals surface area contributed by atoms with Crippen LogP contribution in [0.2, 0.25) is 0 Å². The lowest BCUT2D eigenvalue weighted by Crippen LogP contribution is -2.24. The third-order valence-electron chi connectivity index (χ3n) is 2.48. The number of rotatable bonds is 1. The first kappa shape index (κ1) is 9.46. The van der Waals surface area contributed by atoms with Gasteiger partial charge in [0.25, 0.3) is 0 Å². The highest BCUT2D eigenvalue weighted by molar-refractivity contribution is 5.45. The maximum Gasteiger partial charge on any atom is 0.129 e. The summed E-state index contributed by atoms with van der Waals surface area (Å²) in [6.07, 6.45) is 0.649. The van der Waals surface area contributed by atoms with Crippen molar-refractivity contribution in [3.63, 3.8) is 0 Å². The standard InChI is InChI=1S/C11H13FO2/c1-11(2)5-7-8(6-13)9(12)3-4-10(7)14-11/h3-4,13H,5-6H2,1-2H3. The maximum atomic E-state index is 13.3. The molecule has 0 atom stereocenters. The van der Waals surface area contributed by atoms with E-state index in [0.29, 0.717) is 17.7 Å². The number of hydrogen-bond acceptors (Lipinski definition) is 2. The van der Waals surface area contributed by atoms with Crippen LogP contribution in [-0.4, -0.2) is 10.7 Å². The largest absolute Gasteiger partial charge is 0.487 e. The van der Waals surface area contributed by atoms with Gasteiger partial charge in [-0.3, -0.25) is 0 Å². The van der Waals surface area contributed by atoms with Gasteiger partial charge in [-0.2, -0.15) is 0 Å². The van der Waals surface area contributed by atoms with Crippen LogP contribution in [0.25, 0.3) is 0 Å². The number of ether oxygens (including phenoxy) is 1. The average molecular weight is 196 g/mol. The lowest BCUT2D eigenvalue weighted by atomic mass is 9.97. The van der Waals surface area contributed by atoms with Gasteiger partial charge in [0, 0.05) is 17.5 Å². The Bertz CT molecular complexity index is 372. The molecule has 0 aromatic heterocycles. The Morgan fingerprint density at radius 3 is 2.86 bits per heavy atom. The van der Waals surface area contributed by atoms with E-state index in [1.807, 2.05) is 13.8 Å². The second-order valence-electron chi connectivity index (χ2n) is 4.20. The Kier molecular flexibility index (Phi) is 2.00. The van der Waals surface area contributed by atoms with Crippen LogP contribution in [0.15, 0.2) is 12.1 Å². The Hall–Kier alpha value is -1.09. The molecule has 14 heavy (non-hydrogen) atoms. The molecule has 0 radical (unpaired) electrons. The summed E-state index contributed by atoms with van der Waals surface area (Å²) in [6.45, 7) is 3.63. The Morgan fingerprint density at radius 1 is 1.50 bits per heavy atom. The quantitative estimate of drug-likeness (QED) is 0.744. The molecule has 0 saturated heterocycles. The van der Waals surface area contributed by atoms with Crippen molar-refractivity contribution < 1.29 is 14.2 Å². The molecule has 2 rings (SSSR count). The first-order valence-electron chi connectivity index (χ1n) is 4.63. The molecule has 1 aliphatic heterocycles. The highest BCUT2D eigenvalue weighted by Gasteiger charge is 2.32. The molecule has 0 saturated carbocycles. The van der Waals surface area contributed by atoms with Crippen LogP contribution in [0.1, 0.15) is 25.0 Å². The summed E-state index contributed by atoms with van der Waals surface area (Å²) in [5, 5.41) is 9.06. The summed E-state index contributed by atoms with van der Waals surface area (Å²) in [5.41, 5.74) is 0.880. The molecule has 0 bridgehead atoms. The minimum atomic E-state index is -0.354. The van der Waals surface area contributed by atoms with E-state index >= 15 is 0 Å². The molecule has 1 N–H and O–H groups in total. The lowest BCUT2D eigenvalue weighted by molar-refractivity contribution is 0.138. The summed E-state index contributed by atoms with van der Waals surface area (Å²) >= 11 is 0. The van der Waals surface area contributed by atoms with Crippen molar-refractivity contribution >= 4 is 0 Å². The third kappa shape index (κ3) is 1.38. The first-order chi connectivity index (χ1) is 6.53. The minimum absolute atomic E-state index is 0.269. The van der Waals surface area contributed by atoms with E-state index in [0.717, 1.165) is 5.56 Å². The van der Waals surface area contributed by atoms with E-state index < -0.39 is 0 Å². The third-order valence-corrected chi connectivity index (χ3v) is 2.48. The van der Waals surface area contributed by atoms with E-state index in [-0.39, 0.29) is 18.0 Å². The zero-order valence-electron chi connectivity index (χ0n) is 8.30. The molecule has 0 amide bonds. The van der Waals surface area contributed by atoms with Crippen molar-refractivity contribution in [3.8, 4) is 5.75 Å². The van der Waals surface area contributed by atoms with Crippen LogP contribution in [0.4, 0.5) is 4.39 Å². The molecule has 0 unspecified atom stereocenters. The second-order valence-corrected chi connectivity index (χ2v) is 4.20. The normalized spacial score (nSPS) is 17.7. The predicted molar refractivity (Wildman–Crippen MR) is 50.7 cm³/mol. The second kappa shape index (κ2) is 2.95. The average Bonchev–Trinajstić information content (AvgIpc) is 2.39. The van der Waals surface area contributed by atoms with Crippen molar-refractivity contribution in [2.75, 3.05) is 0 Å². The van der Waals surface area contributed by atoms with E-state index in [9.17, 15) is 4.39 Å². The van der Waals surface area contributed by atoms with Crippen molar-refractivity contribution in [2.45, 2.75) is 32.5 Å². The predicted octanol–water partition coefficient (Wildman–Crippen LogP) is 2.03. The molecule has 1 aliphatic rings. The van der Waals surface area contributed by atoms with Gasteiger partial charge < -0.3 is 9.84 Å². The number of aliphatic hydroxyl groups excluding tert-OH is 1. The highest BCUT2D eigenvalue weighted by Crippen LogP contribution is 2.37. The SMILES string of the molecule is CC1(C)Cc2c(ccc(F)c2CO)O1. The van der Waals surface area contributed by atoms with Gasteiger partial charge in [-0.25, -0.2) is 4.39 Å². The van der Waals surface area contributed by atoms with Gasteiger partial charge >= 0.3 is 0 Å². The van der Waals surface area contributed by atoms with E-state index in [1.165, 1.54) is 6.07 Å². The van der Waals surface area contributed by atoms with Crippen LogP contribution >= 0.6 is 0 Å². The Balaban J connectivity index is 2.52. The fourth-order valence-corrected chi connectivity index (χ4v) is 1.86. The van der Waals surface area contributed by atoms with Crippen molar-refractivity contribution in [1.82, 2.24) is 0 Å². The zero-order chi connectivity index (χ0) is 10.3. The van der Waals surface area contributed by atoms with Crippen molar-refractivity contribution in [2.24, 2.45) is 0 Å². The monoisotopic (exact) mass is 196 g/mol. The van der Waals surface area contributed by atoms with Gasteiger partial charge in [-0.05, 0) is 26.0 Å². The fourth-order valence-electron chi connectivity index (χ4n) is 1.86. The Morgan fingerprint density at radius 2 is 2.21 bits per heavy atom. The number of benzene rings is 1. The molecule has 0 spiro atoms. The molecule has 0 fully saturated rings. The molecule has 1 aromatic rings. The van der Waals surface area contributed by atoms with E-state index in [2.05, 4.69) is 0 Å². The molecule has 1 aromatic carbocycles. The summed E-state index contributed by atoms with van der Waals surface area (Å²) in [4.78, 5) is 0. The van der Waals surface area contributed by atoms with Gasteiger partial charge in [0.05, 0.1) is 6.61 Å². The number of fused-ring (bicyclic) bond motifs is 1. The van der Waals surface area contributed by atoms with Gasteiger partial charge in [-0.15, -0.1) is 0 Å². The molecule has 1 heterocycles. The molecular weight excluding hydrogens is 183 g/mol. The van der Waals surface area contributed by atoms with Crippen molar-refractivity contribution in [1.29, 1.82) is 0 Å². The maximum absolute atomic E-state index is 13.3. The molecule has 76 valence electrons. The van der Waals surface area contributed by atoms with Crippen LogP contribution in [0.5, 0.6) is 5.75 Å². The summed E-state index contributed by atoms with van der Waals surface area (Å²) in [6, 6.07) is 2.96. The van der Waals surface area contributed by atoms with Crippen LogP contribution < -0.4 is 4.74 Å². The van der Waals surface area contributed by atoms with Crippen molar-refractivity contribution in [3.05, 3.63) is 29.1 Å². The highest BCUT2D eigenvalue weighted by atomic mass is 19.1. The molecular formula is C11H13FO2. The minimum Gasteiger partial charge on any atom is -0.487 e. The number of hydrogen-bond donors (Lipinski definition) is 1. The van der Waals surface area contributed by atoms with Gasteiger partial charge in [0.15, 0.2) is 0 Å². The van der Waals surface area contributed by atoms with E-state index in [4.69, 9.17) is 9.84 Å². The fraction of sp³-hybridized carbons (Fsp3) is 0.455. The van der Waals surface area contributed by atoms with Gasteiger partial charge in [-0.1, -0.05) is 0 Å². The summed E-state index contributed by atoms with van der Waals surface area (Å²) in [7, 11) is 0. The number of halogens is 1. The molecule has 0 aliphatic carbocycles. The first-order valence-corrected chi connectivity index (χ1v) is 4.63. The zero-order valence-corrected chi connectivity index (χ0v) is 8.30. The lowest BCUT2D eigenvalue weighted by Gasteiger charge is -2.16. The summed E-state index contributed by atoms with van der Waals surface area (Å²) < 4.78 is 18.9. The van der Waals surface area contributed by atoms with Gasteiger partial charge in [0.1, 0.15) is 17.2 Å². The smallest absolute Gasteiger partial charge is 0.129 e. The molecule has 2 nitrogen and oxygen atoms in total. The van der Waals surface area contributed by atoms with E-state index in [1.54, 1.807) is 6.07 Å². The Labute approximate surface area is 82.3 Å². The van der Waals surface area contributed by atoms with Gasteiger partial charge in [0.2, 0.25) is 0 Å². The number of aliphatic hydroxyl groups is 1. The van der Waals surface area contributed by atoms with Crippen LogP contribution in [0, 0.1) is 5.82 Å². The molecule has 3 heteroatoms. The van der Waals surface area contributed by atoms with Crippen LogP contribution in [0.3, 0.4) is 0 Å². The summed E-state index contributed by atoms with van der Waals surface area (Å²) in [5.74, 6) is 0.341.